The van der Waals surface area contributed by atoms with Crippen LogP contribution in [0.1, 0.15) is 0 Å². The van der Waals surface area contributed by atoms with Crippen LogP contribution in [0.5, 0.6) is 0 Å². The molecule has 2 heterocycles. The summed E-state index contributed by atoms with van der Waals surface area (Å²) in [4.78, 5) is 23.5. The zero-order chi connectivity index (χ0) is 12.1. The van der Waals surface area contributed by atoms with Crippen LogP contribution in [0.15, 0.2) is 58.3 Å². The van der Waals surface area contributed by atoms with Crippen molar-refractivity contribution >= 4 is 10.9 Å². The summed E-state index contributed by atoms with van der Waals surface area (Å²) in [7, 11) is 0. The summed E-state index contributed by atoms with van der Waals surface area (Å²) in [6.07, 6.45) is 1.54. The Kier molecular flexibility index (Phi) is 3.20. The molecular weight excluding hydrogens is 218 g/mol. The number of para-hydroxylation sites is 1. The number of nitrogens with one attached hydrogen (secondary N) is 3. The van der Waals surface area contributed by atoms with E-state index in [-0.39, 0.29) is 11.1 Å². The molecule has 1 aromatic carbocycles. The molecule has 3 N–H and O–H groups in total. The van der Waals surface area contributed by atoms with E-state index in [2.05, 4.69) is 15.2 Å². The number of aromatic amines is 3. The maximum absolute atomic E-state index is 10.8. The van der Waals surface area contributed by atoms with Crippen molar-refractivity contribution in [1.29, 1.82) is 0 Å². The van der Waals surface area contributed by atoms with Gasteiger partial charge in [-0.05, 0) is 17.5 Å². The highest BCUT2D eigenvalue weighted by Crippen LogP contribution is 2.06. The lowest BCUT2D eigenvalue weighted by molar-refractivity contribution is 1.06. The van der Waals surface area contributed by atoms with Gasteiger partial charge in [0.2, 0.25) is 5.56 Å². The van der Waals surface area contributed by atoms with Gasteiger partial charge in [0.05, 0.1) is 0 Å². The quantitative estimate of drug-likeness (QED) is 0.542. The van der Waals surface area contributed by atoms with Gasteiger partial charge in [-0.3, -0.25) is 14.7 Å². The van der Waals surface area contributed by atoms with Crippen LogP contribution in [0.2, 0.25) is 0 Å². The molecule has 2 aromatic heterocycles. The molecule has 86 valence electrons. The minimum Gasteiger partial charge on any atom is -0.322 e. The predicted molar refractivity (Wildman–Crippen MR) is 66.0 cm³/mol. The monoisotopic (exact) mass is 229 g/mol. The standard InChI is InChI=1S/C9H7NO.C3H4N2O/c11-9-6-5-7-3-1-2-4-8(7)10-9;6-3-1-2-4-5-3/h1-6H,(H,10,11);1-2H,(H2,4,5,6). The molecular formula is C12H11N3O2. The lowest BCUT2D eigenvalue weighted by Gasteiger charge is -1.93. The van der Waals surface area contributed by atoms with Gasteiger partial charge >= 0.3 is 0 Å². The first-order chi connectivity index (χ1) is 8.25. The normalized spacial score (nSPS) is 9.65. The van der Waals surface area contributed by atoms with Gasteiger partial charge < -0.3 is 10.1 Å². The Bertz CT molecular complexity index is 692. The predicted octanol–water partition coefficient (Wildman–Crippen LogP) is 1.23. The van der Waals surface area contributed by atoms with E-state index in [0.29, 0.717) is 0 Å². The third-order valence-electron chi connectivity index (χ3n) is 2.15. The van der Waals surface area contributed by atoms with Gasteiger partial charge in [0.1, 0.15) is 0 Å². The van der Waals surface area contributed by atoms with E-state index < -0.39 is 0 Å². The number of pyridine rings is 1. The summed E-state index contributed by atoms with van der Waals surface area (Å²) in [5.41, 5.74) is 0.749. The van der Waals surface area contributed by atoms with Crippen molar-refractivity contribution in [2.45, 2.75) is 0 Å². The zero-order valence-electron chi connectivity index (χ0n) is 8.94. The summed E-state index contributed by atoms with van der Waals surface area (Å²) in [6, 6.07) is 12.5. The number of benzene rings is 1. The second kappa shape index (κ2) is 4.98. The molecule has 3 aromatic rings. The van der Waals surface area contributed by atoms with Crippen molar-refractivity contribution in [3.63, 3.8) is 0 Å². The maximum atomic E-state index is 10.8. The largest absolute Gasteiger partial charge is 0.322 e. The van der Waals surface area contributed by atoms with E-state index in [0.717, 1.165) is 10.9 Å². The molecule has 0 amide bonds. The van der Waals surface area contributed by atoms with E-state index in [1.807, 2.05) is 30.3 Å². The highest BCUT2D eigenvalue weighted by atomic mass is 16.1. The van der Waals surface area contributed by atoms with E-state index in [1.54, 1.807) is 6.20 Å². The minimum atomic E-state index is -0.0880. The van der Waals surface area contributed by atoms with Crippen LogP contribution in [-0.2, 0) is 0 Å². The van der Waals surface area contributed by atoms with Crippen LogP contribution in [0.4, 0.5) is 0 Å². The average Bonchev–Trinajstić information content (AvgIpc) is 2.81. The van der Waals surface area contributed by atoms with Gasteiger partial charge in [-0.1, -0.05) is 18.2 Å². The molecule has 3 rings (SSSR count). The fourth-order valence-electron chi connectivity index (χ4n) is 1.37. The molecule has 0 saturated carbocycles. The number of H-pyrrole nitrogens is 3. The number of fused-ring (bicyclic) bond motifs is 1. The maximum Gasteiger partial charge on any atom is 0.263 e. The smallest absolute Gasteiger partial charge is 0.263 e. The highest BCUT2D eigenvalue weighted by Gasteiger charge is 1.89. The number of rotatable bonds is 0. The minimum absolute atomic E-state index is 0.0521. The van der Waals surface area contributed by atoms with Crippen molar-refractivity contribution in [2.24, 2.45) is 0 Å². The van der Waals surface area contributed by atoms with Crippen LogP contribution >= 0.6 is 0 Å². The Morgan fingerprint density at radius 2 is 1.65 bits per heavy atom. The van der Waals surface area contributed by atoms with Gasteiger partial charge in [0.15, 0.2) is 0 Å². The first kappa shape index (κ1) is 10.9. The molecule has 0 bridgehead atoms. The lowest BCUT2D eigenvalue weighted by atomic mass is 10.2. The summed E-state index contributed by atoms with van der Waals surface area (Å²) in [5, 5.41) is 5.87. The number of aromatic nitrogens is 3. The van der Waals surface area contributed by atoms with Gasteiger partial charge in [0, 0.05) is 23.8 Å². The van der Waals surface area contributed by atoms with Crippen molar-refractivity contribution < 1.29 is 0 Å². The Morgan fingerprint density at radius 1 is 0.824 bits per heavy atom. The second-order valence-electron chi connectivity index (χ2n) is 3.38. The van der Waals surface area contributed by atoms with Crippen molar-refractivity contribution in [3.05, 3.63) is 69.4 Å². The van der Waals surface area contributed by atoms with Crippen LogP contribution in [0, 0.1) is 0 Å². The third kappa shape index (κ3) is 2.94. The average molecular weight is 229 g/mol. The van der Waals surface area contributed by atoms with E-state index in [4.69, 9.17) is 0 Å². The van der Waals surface area contributed by atoms with Gasteiger partial charge in [-0.2, -0.15) is 0 Å². The molecule has 0 aliphatic rings. The fourth-order valence-corrected chi connectivity index (χ4v) is 1.37. The molecule has 0 aliphatic carbocycles. The van der Waals surface area contributed by atoms with Crippen LogP contribution in [0.3, 0.4) is 0 Å². The first-order valence-electron chi connectivity index (χ1n) is 5.06. The van der Waals surface area contributed by atoms with E-state index >= 15 is 0 Å². The highest BCUT2D eigenvalue weighted by molar-refractivity contribution is 5.77. The summed E-state index contributed by atoms with van der Waals surface area (Å²) in [6.45, 7) is 0. The Balaban J connectivity index is 0.000000153. The van der Waals surface area contributed by atoms with Gasteiger partial charge in [-0.25, -0.2) is 0 Å². The zero-order valence-corrected chi connectivity index (χ0v) is 8.94. The van der Waals surface area contributed by atoms with Crippen LogP contribution in [-0.4, -0.2) is 15.2 Å². The summed E-state index contributed by atoms with van der Waals surface area (Å²) < 4.78 is 0. The summed E-state index contributed by atoms with van der Waals surface area (Å²) in [5.74, 6) is 0. The topological polar surface area (TPSA) is 81.5 Å². The molecule has 5 heteroatoms. The molecule has 0 radical (unpaired) electrons. The molecule has 0 aliphatic heterocycles. The molecule has 0 unspecified atom stereocenters. The SMILES string of the molecule is O=c1cc[nH][nH]1.O=c1ccc2ccccc2[nH]1. The molecule has 0 saturated heterocycles. The number of hydrogen-bond donors (Lipinski definition) is 3. The Hall–Kier alpha value is -2.56. The molecule has 17 heavy (non-hydrogen) atoms. The molecule has 0 fully saturated rings. The lowest BCUT2D eigenvalue weighted by Crippen LogP contribution is -2.01. The van der Waals surface area contributed by atoms with Crippen molar-refractivity contribution in [3.8, 4) is 0 Å². The number of hydrogen-bond acceptors (Lipinski definition) is 2. The molecule has 0 atom stereocenters. The van der Waals surface area contributed by atoms with Crippen LogP contribution in [0.25, 0.3) is 10.9 Å². The third-order valence-corrected chi connectivity index (χ3v) is 2.15. The second-order valence-corrected chi connectivity index (χ2v) is 3.38. The first-order valence-corrected chi connectivity index (χ1v) is 5.06. The van der Waals surface area contributed by atoms with E-state index in [1.165, 1.54) is 12.1 Å². The van der Waals surface area contributed by atoms with Gasteiger partial charge in [-0.15, -0.1) is 0 Å². The summed E-state index contributed by atoms with van der Waals surface area (Å²) >= 11 is 0. The van der Waals surface area contributed by atoms with Crippen molar-refractivity contribution in [1.82, 2.24) is 15.2 Å². The van der Waals surface area contributed by atoms with Gasteiger partial charge in [0.25, 0.3) is 5.56 Å². The van der Waals surface area contributed by atoms with Crippen molar-refractivity contribution in [2.75, 3.05) is 0 Å². The van der Waals surface area contributed by atoms with E-state index in [9.17, 15) is 9.59 Å². The Morgan fingerprint density at radius 3 is 2.29 bits per heavy atom. The Labute approximate surface area is 96.1 Å². The molecule has 0 spiro atoms. The van der Waals surface area contributed by atoms with Crippen LogP contribution < -0.4 is 11.1 Å². The fraction of sp³-hybridized carbons (Fsp3) is 0. The molecule has 5 nitrogen and oxygen atoms in total.